The number of carboxylic acids is 1. The van der Waals surface area contributed by atoms with Crippen LogP contribution >= 0.6 is 11.8 Å². The van der Waals surface area contributed by atoms with Crippen LogP contribution in [0.1, 0.15) is 23.1 Å². The van der Waals surface area contributed by atoms with Crippen LogP contribution in [0.25, 0.3) is 17.1 Å². The van der Waals surface area contributed by atoms with Gasteiger partial charge in [0.1, 0.15) is 17.8 Å². The molecule has 0 aliphatic rings. The Kier molecular flexibility index (Phi) is 15.2. The van der Waals surface area contributed by atoms with Crippen molar-refractivity contribution in [2.45, 2.75) is 32.8 Å². The Morgan fingerprint density at radius 2 is 1.62 bits per heavy atom. The second-order valence-electron chi connectivity index (χ2n) is 10.7. The molecule has 20 heteroatoms. The van der Waals surface area contributed by atoms with Gasteiger partial charge >= 0.3 is 18.5 Å². The lowest BCUT2D eigenvalue weighted by Crippen LogP contribution is -2.28. The second kappa shape index (κ2) is 19.3. The molecule has 0 unspecified atom stereocenters. The Labute approximate surface area is 303 Å². The average molecular weight is 769 g/mol. The molecule has 3 aromatic carbocycles. The average Bonchev–Trinajstić information content (AvgIpc) is 3.59. The van der Waals surface area contributed by atoms with Crippen molar-refractivity contribution in [3.05, 3.63) is 83.7 Å². The van der Waals surface area contributed by atoms with E-state index in [1.54, 1.807) is 13.3 Å². The third-order valence-electron chi connectivity index (χ3n) is 6.57. The number of alkyl halides is 6. The third kappa shape index (κ3) is 14.1. The number of aryl methyl sites for hydroxylation is 2. The van der Waals surface area contributed by atoms with E-state index in [-0.39, 0.29) is 17.4 Å². The molecule has 0 atom stereocenters. The number of hydrogen-bond donors (Lipinski definition) is 4. The molecule has 53 heavy (non-hydrogen) atoms. The van der Waals surface area contributed by atoms with E-state index < -0.39 is 18.5 Å². The van der Waals surface area contributed by atoms with Gasteiger partial charge in [0.05, 0.1) is 30.5 Å². The number of rotatable bonds is 12. The summed E-state index contributed by atoms with van der Waals surface area (Å²) >= 11 is 1.22. The molecule has 0 radical (unpaired) electrons. The Morgan fingerprint density at radius 3 is 2.17 bits per heavy atom. The predicted molar refractivity (Wildman–Crippen MR) is 187 cm³/mol. The minimum atomic E-state index is -5.08. The van der Waals surface area contributed by atoms with Crippen LogP contribution in [0.4, 0.5) is 32.0 Å². The number of nitrogens with one attached hydrogen (secondary N) is 2. The topological polar surface area (TPSA) is 178 Å². The molecule has 1 amide bonds. The van der Waals surface area contributed by atoms with E-state index in [4.69, 9.17) is 25.4 Å². The maximum absolute atomic E-state index is 12.4. The van der Waals surface area contributed by atoms with Gasteiger partial charge in [0.25, 0.3) is 0 Å². The molecular formula is C33H34F6N8O5S. The maximum atomic E-state index is 12.4. The number of hydrogen-bond acceptors (Lipinski definition) is 10. The number of aliphatic imine (C=N–C) groups is 1. The number of aromatic nitrogens is 3. The molecule has 0 spiro atoms. The first kappa shape index (κ1) is 41.8. The largest absolute Gasteiger partial charge is 0.573 e. The number of thioether (sulfide) groups is 1. The Balaban J connectivity index is 0.000000980. The molecule has 13 nitrogen and oxygen atoms in total. The van der Waals surface area contributed by atoms with Crippen molar-refractivity contribution in [2.75, 3.05) is 26.0 Å². The van der Waals surface area contributed by atoms with Gasteiger partial charge in [-0.25, -0.2) is 19.5 Å². The molecular weight excluding hydrogens is 734 g/mol. The molecule has 0 saturated heterocycles. The minimum Gasteiger partial charge on any atom is -0.497 e. The van der Waals surface area contributed by atoms with Crippen LogP contribution in [-0.4, -0.2) is 81.6 Å². The highest BCUT2D eigenvalue weighted by Gasteiger charge is 2.38. The fourth-order valence-electron chi connectivity index (χ4n) is 4.12. The highest BCUT2D eigenvalue weighted by Crippen LogP contribution is 2.30. The van der Waals surface area contributed by atoms with Gasteiger partial charge in [-0.15, -0.1) is 18.3 Å². The van der Waals surface area contributed by atoms with Gasteiger partial charge in [-0.3, -0.25) is 10.2 Å². The summed E-state index contributed by atoms with van der Waals surface area (Å²) in [7, 11) is 1.61. The number of benzene rings is 3. The number of amidine groups is 1. The van der Waals surface area contributed by atoms with Gasteiger partial charge in [0, 0.05) is 12.1 Å². The molecule has 4 aromatic rings. The Hall–Kier alpha value is -5.63. The molecule has 0 aliphatic heterocycles. The van der Waals surface area contributed by atoms with Crippen LogP contribution in [0.2, 0.25) is 0 Å². The lowest BCUT2D eigenvalue weighted by molar-refractivity contribution is -0.274. The monoisotopic (exact) mass is 768 g/mol. The summed E-state index contributed by atoms with van der Waals surface area (Å²) in [4.78, 5) is 30.3. The SMILES string of the molecule is COc1cc(C)c(N=C(N/N=C/c2ccc(-c3ncn(-c4ccc(OC(F)(F)F)cc4)n3)cc2)SCC(=O)NCCCN)c(C)c1.O=C(O)C(F)(F)F. The summed E-state index contributed by atoms with van der Waals surface area (Å²) in [6, 6.07) is 16.4. The van der Waals surface area contributed by atoms with Gasteiger partial charge in [0.15, 0.2) is 11.0 Å². The highest BCUT2D eigenvalue weighted by molar-refractivity contribution is 8.14. The number of halogens is 6. The number of aliphatic carboxylic acids is 1. The smallest absolute Gasteiger partial charge is 0.497 e. The Bertz CT molecular complexity index is 1860. The fourth-order valence-corrected chi connectivity index (χ4v) is 4.76. The van der Waals surface area contributed by atoms with Crippen LogP contribution in [-0.2, 0) is 9.59 Å². The zero-order chi connectivity index (χ0) is 39.2. The van der Waals surface area contributed by atoms with Crippen molar-refractivity contribution in [3.63, 3.8) is 0 Å². The lowest BCUT2D eigenvalue weighted by atomic mass is 10.1. The standard InChI is InChI=1S/C31H33F3N8O3S.C2HF3O2/c1-20-15-26(44-3)16-21(2)28(20)39-30(46-18-27(43)36-14-4-13-35)40-38-17-22-5-7-23(8-6-22)29-37-19-42(41-29)24-9-11-25(12-10-24)45-31(32,33)34;3-2(4,5)1(6)7/h5-12,15-17,19H,4,13-14,18,35H2,1-3H3,(H,36,43)(H,39,40);(H,6,7)/b38-17+;. The molecule has 4 rings (SSSR count). The number of ether oxygens (including phenoxy) is 2. The van der Waals surface area contributed by atoms with E-state index in [0.717, 1.165) is 33.7 Å². The van der Waals surface area contributed by atoms with Gasteiger partial charge in [0.2, 0.25) is 5.91 Å². The minimum absolute atomic E-state index is 0.139. The number of nitrogens with zero attached hydrogens (tertiary/aromatic N) is 5. The van der Waals surface area contributed by atoms with Crippen LogP contribution < -0.4 is 25.9 Å². The van der Waals surface area contributed by atoms with Crippen LogP contribution in [0.3, 0.4) is 0 Å². The van der Waals surface area contributed by atoms with E-state index in [1.807, 2.05) is 50.2 Å². The summed E-state index contributed by atoms with van der Waals surface area (Å²) in [5.74, 6) is -1.92. The summed E-state index contributed by atoms with van der Waals surface area (Å²) < 4.78 is 79.7. The predicted octanol–water partition coefficient (Wildman–Crippen LogP) is 5.90. The van der Waals surface area contributed by atoms with E-state index in [9.17, 15) is 31.1 Å². The number of carbonyl (C=O) groups is 2. The normalized spacial score (nSPS) is 11.8. The van der Waals surface area contributed by atoms with Gasteiger partial charge in [-0.2, -0.15) is 18.3 Å². The molecule has 1 aromatic heterocycles. The number of carbonyl (C=O) groups excluding carboxylic acids is 1. The number of amides is 1. The van der Waals surface area contributed by atoms with Gasteiger partial charge in [-0.05, 0) is 79.9 Å². The number of nitrogens with two attached hydrogens (primary N) is 1. The van der Waals surface area contributed by atoms with E-state index in [2.05, 4.69) is 30.7 Å². The van der Waals surface area contributed by atoms with Crippen molar-refractivity contribution in [2.24, 2.45) is 15.8 Å². The third-order valence-corrected chi connectivity index (χ3v) is 7.43. The first-order chi connectivity index (χ1) is 25.0. The van der Waals surface area contributed by atoms with Crippen molar-refractivity contribution < 1.29 is 50.5 Å². The quantitative estimate of drug-likeness (QED) is 0.0446. The summed E-state index contributed by atoms with van der Waals surface area (Å²) in [5.41, 5.74) is 13.1. The summed E-state index contributed by atoms with van der Waals surface area (Å²) in [5, 5.41) is 19.2. The molecule has 0 fully saturated rings. The van der Waals surface area contributed by atoms with E-state index in [0.29, 0.717) is 36.2 Å². The number of hydrazone groups is 1. The second-order valence-corrected chi connectivity index (χ2v) is 11.6. The molecule has 5 N–H and O–H groups in total. The first-order valence-electron chi connectivity index (χ1n) is 15.3. The summed E-state index contributed by atoms with van der Waals surface area (Å²) in [6.45, 7) is 4.86. The van der Waals surface area contributed by atoms with Crippen molar-refractivity contribution >= 4 is 40.7 Å². The number of carboxylic acid groups (broad SMARTS) is 1. The molecule has 0 saturated carbocycles. The van der Waals surface area contributed by atoms with Crippen molar-refractivity contribution in [1.82, 2.24) is 25.5 Å². The van der Waals surface area contributed by atoms with E-state index in [1.165, 1.54) is 47.0 Å². The van der Waals surface area contributed by atoms with Crippen molar-refractivity contribution in [1.29, 1.82) is 0 Å². The molecule has 284 valence electrons. The molecule has 0 bridgehead atoms. The fraction of sp³-hybridized carbons (Fsp3) is 0.273. The molecule has 0 aliphatic carbocycles. The van der Waals surface area contributed by atoms with Crippen molar-refractivity contribution in [3.8, 4) is 28.6 Å². The highest BCUT2D eigenvalue weighted by atomic mass is 32.2. The van der Waals surface area contributed by atoms with Crippen LogP contribution in [0.5, 0.6) is 11.5 Å². The van der Waals surface area contributed by atoms with Crippen LogP contribution in [0.15, 0.2) is 77.1 Å². The van der Waals surface area contributed by atoms with Crippen LogP contribution in [0, 0.1) is 13.8 Å². The van der Waals surface area contributed by atoms with Gasteiger partial charge in [-0.1, -0.05) is 36.0 Å². The maximum Gasteiger partial charge on any atom is 0.573 e. The van der Waals surface area contributed by atoms with Gasteiger partial charge < -0.3 is 25.6 Å². The Morgan fingerprint density at radius 1 is 1.00 bits per heavy atom. The summed E-state index contributed by atoms with van der Waals surface area (Å²) in [6.07, 6.45) is -6.07. The first-order valence-corrected chi connectivity index (χ1v) is 16.3. The number of methoxy groups -OCH3 is 1. The molecule has 1 heterocycles. The van der Waals surface area contributed by atoms with E-state index >= 15 is 0 Å². The zero-order valence-corrected chi connectivity index (χ0v) is 29.1. The zero-order valence-electron chi connectivity index (χ0n) is 28.3. The lowest BCUT2D eigenvalue weighted by Gasteiger charge is -2.11.